The third kappa shape index (κ3) is 4.89. The van der Waals surface area contributed by atoms with Crippen molar-refractivity contribution >= 4 is 11.7 Å². The van der Waals surface area contributed by atoms with Crippen molar-refractivity contribution < 1.29 is 24.5 Å². The Balaban J connectivity index is 2.18. The van der Waals surface area contributed by atoms with Crippen LogP contribution in [0.15, 0.2) is 42.5 Å². The summed E-state index contributed by atoms with van der Waals surface area (Å²) in [6.45, 7) is 5.97. The number of rotatable bonds is 6. The number of hydrogen-bond donors (Lipinski definition) is 3. The fourth-order valence-electron chi connectivity index (χ4n) is 2.51. The van der Waals surface area contributed by atoms with Crippen LogP contribution in [-0.4, -0.2) is 36.1 Å². The summed E-state index contributed by atoms with van der Waals surface area (Å²) in [6, 6.07) is 11.6. The summed E-state index contributed by atoms with van der Waals surface area (Å²) in [5.41, 5.74) is 1.54. The maximum absolute atomic E-state index is 12.1. The smallest absolute Gasteiger partial charge is 0.341 e. The number of methoxy groups -OCH3 is 1. The Morgan fingerprint density at radius 2 is 1.81 bits per heavy atom. The van der Waals surface area contributed by atoms with Crippen LogP contribution < -0.4 is 10.1 Å². The van der Waals surface area contributed by atoms with Crippen molar-refractivity contribution in [3.05, 3.63) is 53.6 Å². The largest absolute Gasteiger partial charge is 0.508 e. The number of hydrogen-bond acceptors (Lipinski definition) is 6. The number of para-hydroxylation sites is 1. The number of carbonyl (C=O) groups is 1. The Labute approximate surface area is 153 Å². The number of phenols is 1. The van der Waals surface area contributed by atoms with Gasteiger partial charge in [-0.2, -0.15) is 0 Å². The molecule has 0 aromatic heterocycles. The quantitative estimate of drug-likeness (QED) is 0.417. The van der Waals surface area contributed by atoms with E-state index in [9.17, 15) is 15.0 Å². The molecule has 0 aliphatic carbocycles. The molecule has 2 aromatic carbocycles. The van der Waals surface area contributed by atoms with Crippen LogP contribution in [0.25, 0.3) is 0 Å². The molecule has 6 heteroatoms. The van der Waals surface area contributed by atoms with E-state index in [1.807, 2.05) is 26.8 Å². The predicted molar refractivity (Wildman–Crippen MR) is 99.7 cm³/mol. The molecule has 0 aliphatic rings. The third-order valence-corrected chi connectivity index (χ3v) is 3.81. The Bertz CT molecular complexity index is 750. The highest BCUT2D eigenvalue weighted by atomic mass is 16.5. The highest BCUT2D eigenvalue weighted by molar-refractivity contribution is 5.93. The molecule has 0 radical (unpaired) electrons. The molecule has 6 nitrogen and oxygen atoms in total. The van der Waals surface area contributed by atoms with Gasteiger partial charge in [-0.25, -0.2) is 4.79 Å². The van der Waals surface area contributed by atoms with Gasteiger partial charge >= 0.3 is 5.97 Å². The molecule has 2 aromatic rings. The zero-order valence-corrected chi connectivity index (χ0v) is 15.4. The van der Waals surface area contributed by atoms with Gasteiger partial charge in [0.25, 0.3) is 0 Å². The second-order valence-corrected chi connectivity index (χ2v) is 6.94. The van der Waals surface area contributed by atoms with E-state index < -0.39 is 12.2 Å². The van der Waals surface area contributed by atoms with Crippen molar-refractivity contribution in [1.82, 2.24) is 0 Å². The predicted octanol–water partition coefficient (Wildman–Crippen LogP) is 3.29. The van der Waals surface area contributed by atoms with Gasteiger partial charge in [-0.15, -0.1) is 0 Å². The Hall–Kier alpha value is -2.73. The first-order chi connectivity index (χ1) is 12.2. The van der Waals surface area contributed by atoms with Crippen molar-refractivity contribution in [2.45, 2.75) is 32.4 Å². The van der Waals surface area contributed by atoms with Crippen molar-refractivity contribution in [1.29, 1.82) is 0 Å². The average Bonchev–Trinajstić information content (AvgIpc) is 2.60. The number of carbonyl (C=O) groups excluding carboxylic acids is 1. The van der Waals surface area contributed by atoms with Gasteiger partial charge in [0.1, 0.15) is 23.7 Å². The van der Waals surface area contributed by atoms with Gasteiger partial charge in [0.15, 0.2) is 6.23 Å². The molecule has 0 bridgehead atoms. The molecule has 2 rings (SSSR count). The summed E-state index contributed by atoms with van der Waals surface area (Å²) < 4.78 is 10.7. The first-order valence-corrected chi connectivity index (χ1v) is 8.30. The summed E-state index contributed by atoms with van der Waals surface area (Å²) in [6.07, 6.45) is -1.00. The van der Waals surface area contributed by atoms with E-state index in [0.29, 0.717) is 17.0 Å². The number of benzene rings is 2. The minimum atomic E-state index is -1.00. The zero-order chi connectivity index (χ0) is 19.3. The molecule has 0 spiro atoms. The Morgan fingerprint density at radius 3 is 2.38 bits per heavy atom. The summed E-state index contributed by atoms with van der Waals surface area (Å²) in [7, 11) is 1.32. The van der Waals surface area contributed by atoms with E-state index in [1.54, 1.807) is 24.3 Å². The first-order valence-electron chi connectivity index (χ1n) is 8.30. The third-order valence-electron chi connectivity index (χ3n) is 3.81. The maximum atomic E-state index is 12.1. The molecule has 3 N–H and O–H groups in total. The van der Waals surface area contributed by atoms with E-state index in [1.165, 1.54) is 19.2 Å². The van der Waals surface area contributed by atoms with Crippen molar-refractivity contribution in [3.63, 3.8) is 0 Å². The number of phenolic OH excluding ortho intramolecular Hbond substituents is 1. The highest BCUT2D eigenvalue weighted by Gasteiger charge is 2.25. The zero-order valence-electron chi connectivity index (χ0n) is 15.4. The molecule has 1 atom stereocenters. The van der Waals surface area contributed by atoms with Gasteiger partial charge in [0.2, 0.25) is 0 Å². The highest BCUT2D eigenvalue weighted by Crippen LogP contribution is 2.34. The van der Waals surface area contributed by atoms with E-state index in [2.05, 4.69) is 5.32 Å². The molecular formula is C20H25NO5. The van der Waals surface area contributed by atoms with Gasteiger partial charge in [-0.05, 0) is 35.7 Å². The maximum Gasteiger partial charge on any atom is 0.341 e. The van der Waals surface area contributed by atoms with Crippen molar-refractivity contribution in [2.75, 3.05) is 19.0 Å². The van der Waals surface area contributed by atoms with Crippen LogP contribution in [0.4, 0.5) is 5.69 Å². The minimum Gasteiger partial charge on any atom is -0.508 e. The monoisotopic (exact) mass is 359 g/mol. The van der Waals surface area contributed by atoms with E-state index in [0.717, 1.165) is 5.56 Å². The normalized spacial score (nSPS) is 12.3. The molecule has 0 saturated carbocycles. The fraction of sp³-hybridized carbons (Fsp3) is 0.350. The summed E-state index contributed by atoms with van der Waals surface area (Å²) in [5, 5.41) is 22.4. The van der Waals surface area contributed by atoms with Crippen LogP contribution in [0.3, 0.4) is 0 Å². The second kappa shape index (κ2) is 8.10. The number of esters is 1. The summed E-state index contributed by atoms with van der Waals surface area (Å²) >= 11 is 0. The number of aromatic hydroxyl groups is 1. The molecular weight excluding hydrogens is 334 g/mol. The minimum absolute atomic E-state index is 0.0715. The first kappa shape index (κ1) is 19.6. The lowest BCUT2D eigenvalue weighted by Crippen LogP contribution is -2.28. The van der Waals surface area contributed by atoms with Crippen LogP contribution in [-0.2, 0) is 10.2 Å². The van der Waals surface area contributed by atoms with Crippen LogP contribution >= 0.6 is 0 Å². The lowest BCUT2D eigenvalue weighted by Gasteiger charge is -2.25. The molecule has 140 valence electrons. The topological polar surface area (TPSA) is 88.0 Å². The number of aliphatic hydroxyl groups is 1. The molecule has 0 amide bonds. The molecule has 0 heterocycles. The SMILES string of the molecule is COC(=O)c1cccc(C(C)(C)C)c1OCC(O)Nc1ccc(O)cc1. The number of ether oxygens (including phenoxy) is 2. The molecule has 0 aliphatic heterocycles. The average molecular weight is 359 g/mol. The van der Waals surface area contributed by atoms with Crippen LogP contribution in [0, 0.1) is 0 Å². The number of nitrogens with one attached hydrogen (secondary N) is 1. The number of aliphatic hydroxyl groups excluding tert-OH is 1. The van der Waals surface area contributed by atoms with Gasteiger partial charge in [0, 0.05) is 11.3 Å². The Morgan fingerprint density at radius 1 is 1.15 bits per heavy atom. The van der Waals surface area contributed by atoms with Crippen LogP contribution in [0.1, 0.15) is 36.7 Å². The summed E-state index contributed by atoms with van der Waals surface area (Å²) in [4.78, 5) is 12.1. The number of anilines is 1. The fourth-order valence-corrected chi connectivity index (χ4v) is 2.51. The van der Waals surface area contributed by atoms with Crippen LogP contribution in [0.2, 0.25) is 0 Å². The van der Waals surface area contributed by atoms with Gasteiger partial charge in [-0.3, -0.25) is 0 Å². The van der Waals surface area contributed by atoms with Crippen LogP contribution in [0.5, 0.6) is 11.5 Å². The molecule has 0 fully saturated rings. The molecule has 1 unspecified atom stereocenters. The van der Waals surface area contributed by atoms with E-state index in [-0.39, 0.29) is 17.8 Å². The standard InChI is InChI=1S/C20H25NO5/c1-20(2,3)16-7-5-6-15(19(24)25-4)18(16)26-12-17(23)21-13-8-10-14(22)11-9-13/h5-11,17,21-23H,12H2,1-4H3. The van der Waals surface area contributed by atoms with E-state index >= 15 is 0 Å². The lowest BCUT2D eigenvalue weighted by molar-refractivity contribution is 0.0590. The van der Waals surface area contributed by atoms with Gasteiger partial charge in [0.05, 0.1) is 7.11 Å². The summed E-state index contributed by atoms with van der Waals surface area (Å²) in [5.74, 6) is 0.0496. The molecule has 0 saturated heterocycles. The van der Waals surface area contributed by atoms with Gasteiger partial charge in [-0.1, -0.05) is 32.9 Å². The molecule has 26 heavy (non-hydrogen) atoms. The lowest BCUT2D eigenvalue weighted by atomic mass is 9.85. The second-order valence-electron chi connectivity index (χ2n) is 6.94. The van der Waals surface area contributed by atoms with Gasteiger partial charge < -0.3 is 25.0 Å². The van der Waals surface area contributed by atoms with Crippen molar-refractivity contribution in [2.24, 2.45) is 0 Å². The van der Waals surface area contributed by atoms with E-state index in [4.69, 9.17) is 9.47 Å². The Kier molecular flexibility index (Phi) is 6.10. The van der Waals surface area contributed by atoms with Crippen molar-refractivity contribution in [3.8, 4) is 11.5 Å².